The Kier molecular flexibility index (Phi) is 2.10. The summed E-state index contributed by atoms with van der Waals surface area (Å²) in [7, 11) is 0. The Balaban J connectivity index is 2.26. The van der Waals surface area contributed by atoms with Crippen molar-refractivity contribution in [1.82, 2.24) is 0 Å². The van der Waals surface area contributed by atoms with Crippen molar-refractivity contribution in [2.45, 2.75) is 24.4 Å². The zero-order chi connectivity index (χ0) is 9.31. The van der Waals surface area contributed by atoms with Crippen LogP contribution in [0.1, 0.15) is 18.4 Å². The average Bonchev–Trinajstić information content (AvgIpc) is 2.99. The van der Waals surface area contributed by atoms with E-state index < -0.39 is 0 Å². The van der Waals surface area contributed by atoms with Gasteiger partial charge in [-0.3, -0.25) is 0 Å². The molecule has 1 atom stereocenters. The molecule has 1 saturated carbocycles. The van der Waals surface area contributed by atoms with E-state index in [0.717, 1.165) is 12.8 Å². The van der Waals surface area contributed by atoms with E-state index in [-0.39, 0.29) is 11.5 Å². The van der Waals surface area contributed by atoms with E-state index in [0.29, 0.717) is 6.54 Å². The lowest BCUT2D eigenvalue weighted by Crippen LogP contribution is -2.33. The van der Waals surface area contributed by atoms with Crippen molar-refractivity contribution in [3.63, 3.8) is 0 Å². The highest BCUT2D eigenvalue weighted by Gasteiger charge is 2.49. The minimum atomic E-state index is -0.380. The highest BCUT2D eigenvalue weighted by molar-refractivity contribution is 5.33. The summed E-state index contributed by atoms with van der Waals surface area (Å²) in [5, 5.41) is 9.78. The topological polar surface area (TPSA) is 46.2 Å². The van der Waals surface area contributed by atoms with E-state index in [1.165, 1.54) is 5.56 Å². The van der Waals surface area contributed by atoms with E-state index in [4.69, 9.17) is 5.73 Å². The van der Waals surface area contributed by atoms with E-state index in [1.807, 2.05) is 18.2 Å². The third kappa shape index (κ3) is 1.36. The maximum absolute atomic E-state index is 9.78. The molecule has 0 saturated heterocycles. The molecular weight excluding hydrogens is 162 g/mol. The molecule has 0 radical (unpaired) electrons. The summed E-state index contributed by atoms with van der Waals surface area (Å²) in [5.74, 6) is 0. The fourth-order valence-corrected chi connectivity index (χ4v) is 1.94. The van der Waals surface area contributed by atoms with Gasteiger partial charge in [-0.15, -0.1) is 0 Å². The van der Waals surface area contributed by atoms with Gasteiger partial charge in [0.25, 0.3) is 0 Å². The monoisotopic (exact) mass is 177 g/mol. The van der Waals surface area contributed by atoms with Gasteiger partial charge < -0.3 is 10.8 Å². The summed E-state index contributed by atoms with van der Waals surface area (Å²) in [4.78, 5) is 0. The molecule has 0 aliphatic heterocycles. The number of hydrogen-bond acceptors (Lipinski definition) is 2. The first-order chi connectivity index (χ1) is 6.29. The molecule has 70 valence electrons. The van der Waals surface area contributed by atoms with Crippen molar-refractivity contribution < 1.29 is 5.11 Å². The van der Waals surface area contributed by atoms with Gasteiger partial charge >= 0.3 is 0 Å². The van der Waals surface area contributed by atoms with E-state index in [2.05, 4.69) is 12.1 Å². The first-order valence-corrected chi connectivity index (χ1v) is 4.73. The van der Waals surface area contributed by atoms with Crippen LogP contribution in [-0.2, 0) is 5.41 Å². The molecule has 1 aliphatic rings. The lowest BCUT2D eigenvalue weighted by atomic mass is 9.90. The van der Waals surface area contributed by atoms with Crippen LogP contribution in [0.5, 0.6) is 0 Å². The number of benzene rings is 1. The van der Waals surface area contributed by atoms with Gasteiger partial charge in [0, 0.05) is 12.0 Å². The molecule has 0 heterocycles. The van der Waals surface area contributed by atoms with Crippen LogP contribution >= 0.6 is 0 Å². The van der Waals surface area contributed by atoms with Crippen molar-refractivity contribution in [3.05, 3.63) is 35.9 Å². The van der Waals surface area contributed by atoms with Gasteiger partial charge in [-0.05, 0) is 18.4 Å². The second-order valence-corrected chi connectivity index (χ2v) is 3.77. The van der Waals surface area contributed by atoms with Gasteiger partial charge in [-0.2, -0.15) is 0 Å². The quantitative estimate of drug-likeness (QED) is 0.724. The van der Waals surface area contributed by atoms with Crippen molar-refractivity contribution in [1.29, 1.82) is 0 Å². The molecule has 2 rings (SSSR count). The lowest BCUT2D eigenvalue weighted by Gasteiger charge is -2.21. The van der Waals surface area contributed by atoms with Crippen molar-refractivity contribution >= 4 is 0 Å². The predicted octanol–water partition coefficient (Wildman–Crippen LogP) is 1.04. The van der Waals surface area contributed by atoms with Crippen LogP contribution in [0.3, 0.4) is 0 Å². The van der Waals surface area contributed by atoms with Gasteiger partial charge in [0.1, 0.15) is 0 Å². The Morgan fingerprint density at radius 1 is 1.31 bits per heavy atom. The second kappa shape index (κ2) is 3.13. The maximum atomic E-state index is 9.78. The molecule has 2 nitrogen and oxygen atoms in total. The fourth-order valence-electron chi connectivity index (χ4n) is 1.94. The van der Waals surface area contributed by atoms with Crippen LogP contribution in [0.4, 0.5) is 0 Å². The van der Waals surface area contributed by atoms with Crippen molar-refractivity contribution in [2.75, 3.05) is 6.54 Å². The summed E-state index contributed by atoms with van der Waals surface area (Å²) in [6, 6.07) is 10.2. The Labute approximate surface area is 78.4 Å². The summed E-state index contributed by atoms with van der Waals surface area (Å²) < 4.78 is 0. The number of hydrogen-bond donors (Lipinski definition) is 2. The van der Waals surface area contributed by atoms with E-state index in [9.17, 15) is 5.11 Å². The molecule has 1 aromatic rings. The van der Waals surface area contributed by atoms with Crippen LogP contribution in [0, 0.1) is 0 Å². The standard InChI is InChI=1S/C11H15NO/c12-8-10(13)11(6-7-11)9-4-2-1-3-5-9/h1-5,10,13H,6-8,12H2/t10-/m0/s1. The first-order valence-electron chi connectivity index (χ1n) is 4.73. The summed E-state index contributed by atoms with van der Waals surface area (Å²) in [6.45, 7) is 0.356. The molecule has 1 aromatic carbocycles. The van der Waals surface area contributed by atoms with Crippen LogP contribution in [0.2, 0.25) is 0 Å². The minimum absolute atomic E-state index is 0.0178. The van der Waals surface area contributed by atoms with Crippen LogP contribution < -0.4 is 5.73 Å². The number of aliphatic hydroxyl groups is 1. The van der Waals surface area contributed by atoms with Crippen molar-refractivity contribution in [3.8, 4) is 0 Å². The summed E-state index contributed by atoms with van der Waals surface area (Å²) in [5.41, 5.74) is 6.70. The Morgan fingerprint density at radius 3 is 2.38 bits per heavy atom. The Morgan fingerprint density at radius 2 is 1.92 bits per heavy atom. The number of aliphatic hydroxyl groups excluding tert-OH is 1. The van der Waals surface area contributed by atoms with Crippen LogP contribution in [0.15, 0.2) is 30.3 Å². The zero-order valence-corrected chi connectivity index (χ0v) is 7.61. The van der Waals surface area contributed by atoms with Crippen LogP contribution in [0.25, 0.3) is 0 Å². The highest BCUT2D eigenvalue weighted by atomic mass is 16.3. The molecule has 13 heavy (non-hydrogen) atoms. The van der Waals surface area contributed by atoms with Gasteiger partial charge in [-0.1, -0.05) is 30.3 Å². The van der Waals surface area contributed by atoms with Gasteiger partial charge in [0.2, 0.25) is 0 Å². The van der Waals surface area contributed by atoms with Crippen LogP contribution in [-0.4, -0.2) is 17.8 Å². The normalized spacial score (nSPS) is 21.1. The average molecular weight is 177 g/mol. The predicted molar refractivity (Wildman–Crippen MR) is 52.4 cm³/mol. The van der Waals surface area contributed by atoms with Gasteiger partial charge in [-0.25, -0.2) is 0 Å². The third-order valence-corrected chi connectivity index (χ3v) is 3.00. The molecule has 0 bridgehead atoms. The Bertz CT molecular complexity index is 279. The Hall–Kier alpha value is -0.860. The van der Waals surface area contributed by atoms with E-state index >= 15 is 0 Å². The van der Waals surface area contributed by atoms with Gasteiger partial charge in [0.15, 0.2) is 0 Å². The molecule has 1 aliphatic carbocycles. The number of rotatable bonds is 3. The third-order valence-electron chi connectivity index (χ3n) is 3.00. The molecule has 0 spiro atoms. The highest BCUT2D eigenvalue weighted by Crippen LogP contribution is 2.50. The smallest absolute Gasteiger partial charge is 0.0758 e. The molecule has 0 amide bonds. The SMILES string of the molecule is NC[C@H](O)C1(c2ccccc2)CC1. The summed E-state index contributed by atoms with van der Waals surface area (Å²) >= 11 is 0. The molecular formula is C11H15NO. The zero-order valence-electron chi connectivity index (χ0n) is 7.61. The maximum Gasteiger partial charge on any atom is 0.0758 e. The molecule has 0 unspecified atom stereocenters. The largest absolute Gasteiger partial charge is 0.391 e. The molecule has 1 fully saturated rings. The fraction of sp³-hybridized carbons (Fsp3) is 0.455. The van der Waals surface area contributed by atoms with Crippen molar-refractivity contribution in [2.24, 2.45) is 5.73 Å². The first kappa shape index (κ1) is 8.73. The lowest BCUT2D eigenvalue weighted by molar-refractivity contribution is 0.139. The molecule has 0 aromatic heterocycles. The molecule has 3 N–H and O–H groups in total. The number of nitrogens with two attached hydrogens (primary N) is 1. The minimum Gasteiger partial charge on any atom is -0.391 e. The van der Waals surface area contributed by atoms with Gasteiger partial charge in [0.05, 0.1) is 6.10 Å². The molecule has 2 heteroatoms. The summed E-state index contributed by atoms with van der Waals surface area (Å²) in [6.07, 6.45) is 1.75. The van der Waals surface area contributed by atoms with E-state index in [1.54, 1.807) is 0 Å². The second-order valence-electron chi connectivity index (χ2n) is 3.77.